The summed E-state index contributed by atoms with van der Waals surface area (Å²) in [5, 5.41) is 0. The molecule has 0 unspecified atom stereocenters. The van der Waals surface area contributed by atoms with Crippen molar-refractivity contribution >= 4 is 11.9 Å². The van der Waals surface area contributed by atoms with Crippen LogP contribution in [0.25, 0.3) is 0 Å². The van der Waals surface area contributed by atoms with Gasteiger partial charge in [0.15, 0.2) is 0 Å². The van der Waals surface area contributed by atoms with Gasteiger partial charge in [0.1, 0.15) is 12.4 Å². The molecule has 1 rings (SSSR count). The highest BCUT2D eigenvalue weighted by atomic mass is 79.9. The van der Waals surface area contributed by atoms with Crippen LogP contribution in [0, 0.1) is 0 Å². The lowest BCUT2D eigenvalue weighted by Gasteiger charge is -2.19. The van der Waals surface area contributed by atoms with E-state index in [0.717, 1.165) is 0 Å². The minimum Gasteiger partial charge on any atom is -1.00 e. The zero-order chi connectivity index (χ0) is 12.3. The van der Waals surface area contributed by atoms with E-state index in [1.165, 1.54) is 25.7 Å². The van der Waals surface area contributed by atoms with Crippen molar-refractivity contribution in [3.63, 3.8) is 0 Å². The molecule has 0 N–H and O–H groups in total. The smallest absolute Gasteiger partial charge is 0.366 e. The molecule has 1 aromatic heterocycles. The Morgan fingerprint density at radius 2 is 1.71 bits per heavy atom. The summed E-state index contributed by atoms with van der Waals surface area (Å²) < 4.78 is 12.4. The Kier molecular flexibility index (Phi) is 5.34. The van der Waals surface area contributed by atoms with Gasteiger partial charge >= 0.3 is 17.5 Å². The Hall–Kier alpha value is -1.37. The van der Waals surface area contributed by atoms with Gasteiger partial charge in [0.05, 0.1) is 21.3 Å². The lowest BCUT2D eigenvalue weighted by atomic mass is 10.0. The van der Waals surface area contributed by atoms with Crippen LogP contribution >= 0.6 is 0 Å². The molecular formula is C10H15BrN2O4. The average molecular weight is 307 g/mol. The molecule has 1 heterocycles. The Morgan fingerprint density at radius 3 is 2.00 bits per heavy atom. The van der Waals surface area contributed by atoms with Crippen LogP contribution in [0.3, 0.4) is 0 Å². The van der Waals surface area contributed by atoms with Crippen molar-refractivity contribution in [2.45, 2.75) is 12.5 Å². The monoisotopic (exact) mass is 306 g/mol. The number of carbonyl (C=O) groups is 2. The van der Waals surface area contributed by atoms with E-state index in [2.05, 4.69) is 9.47 Å². The summed E-state index contributed by atoms with van der Waals surface area (Å²) in [5.74, 6) is -1.34. The van der Waals surface area contributed by atoms with Gasteiger partial charge in [-0.15, -0.1) is 0 Å². The third kappa shape index (κ3) is 2.66. The highest BCUT2D eigenvalue weighted by molar-refractivity contribution is 6.01. The molecule has 17 heavy (non-hydrogen) atoms. The molecule has 0 spiro atoms. The number of hydrogen-bond donors (Lipinski definition) is 0. The summed E-state index contributed by atoms with van der Waals surface area (Å²) in [6, 6.07) is 0. The van der Waals surface area contributed by atoms with Gasteiger partial charge in [-0.05, 0) is 0 Å². The fraction of sp³-hybridized carbons (Fsp3) is 0.500. The Morgan fingerprint density at radius 1 is 1.24 bits per heavy atom. The summed E-state index contributed by atoms with van der Waals surface area (Å²) in [5.41, 5.74) is -1.50. The van der Waals surface area contributed by atoms with E-state index in [4.69, 9.17) is 0 Å². The second-order valence-corrected chi connectivity index (χ2v) is 3.54. The highest BCUT2D eigenvalue weighted by Gasteiger charge is 2.50. The molecule has 0 amide bonds. The predicted octanol–water partition coefficient (Wildman–Crippen LogP) is -3.62. The largest absolute Gasteiger partial charge is 1.00 e. The van der Waals surface area contributed by atoms with Crippen molar-refractivity contribution in [1.82, 2.24) is 4.57 Å². The van der Waals surface area contributed by atoms with Crippen LogP contribution in [0.5, 0.6) is 0 Å². The molecule has 0 atom stereocenters. The normalized spacial score (nSPS) is 10.4. The van der Waals surface area contributed by atoms with Crippen molar-refractivity contribution in [1.29, 1.82) is 0 Å². The zero-order valence-electron chi connectivity index (χ0n) is 10.1. The molecule has 0 saturated carbocycles. The Balaban J connectivity index is 0.00000256. The summed E-state index contributed by atoms with van der Waals surface area (Å²) in [7, 11) is 4.24. The lowest BCUT2D eigenvalue weighted by Crippen LogP contribution is -3.00. The van der Waals surface area contributed by atoms with Gasteiger partial charge in [-0.1, -0.05) is 0 Å². The fourth-order valence-corrected chi connectivity index (χ4v) is 1.41. The van der Waals surface area contributed by atoms with Gasteiger partial charge in [0, 0.05) is 6.92 Å². The number of hydrogen-bond acceptors (Lipinski definition) is 4. The minimum atomic E-state index is -1.50. The summed E-state index contributed by atoms with van der Waals surface area (Å²) in [6.45, 7) is 1.45. The second-order valence-electron chi connectivity index (χ2n) is 3.54. The first-order valence-electron chi connectivity index (χ1n) is 4.67. The molecule has 96 valence electrons. The number of aromatic nitrogens is 2. The topological polar surface area (TPSA) is 61.4 Å². The van der Waals surface area contributed by atoms with E-state index in [1.54, 1.807) is 30.3 Å². The Bertz CT molecular complexity index is 400. The molecular weight excluding hydrogens is 292 g/mol. The highest BCUT2D eigenvalue weighted by Crippen LogP contribution is 2.18. The van der Waals surface area contributed by atoms with Crippen LogP contribution < -0.4 is 21.5 Å². The van der Waals surface area contributed by atoms with Crippen molar-refractivity contribution in [3.8, 4) is 0 Å². The number of rotatable bonds is 3. The number of carbonyl (C=O) groups excluding carboxylic acids is 2. The second kappa shape index (κ2) is 5.81. The molecule has 0 fully saturated rings. The maximum absolute atomic E-state index is 11.7. The molecule has 0 aliphatic carbocycles. The number of nitrogens with zero attached hydrogens (tertiary/aromatic N) is 2. The van der Waals surface area contributed by atoms with E-state index in [9.17, 15) is 9.59 Å². The van der Waals surface area contributed by atoms with E-state index >= 15 is 0 Å². The van der Waals surface area contributed by atoms with Gasteiger partial charge in [-0.2, -0.15) is 0 Å². The van der Waals surface area contributed by atoms with Crippen LogP contribution in [0.15, 0.2) is 18.7 Å². The van der Waals surface area contributed by atoms with Gasteiger partial charge in [-0.3, -0.25) is 0 Å². The number of methoxy groups -OCH3 is 2. The standard InChI is InChI=1S/C10H15N2O4.BrH/c1-10(8(13)15-3,9(14)16-4)12-6-5-11(2)7-12;/h5-7H,1-4H3;1H/q+1;/p-1. The van der Waals surface area contributed by atoms with Gasteiger partial charge in [0.25, 0.3) is 0 Å². The van der Waals surface area contributed by atoms with Gasteiger partial charge in [0.2, 0.25) is 6.33 Å². The SMILES string of the molecule is COC(=O)C(C)(C(=O)OC)n1cc[n+](C)c1.[Br-]. The van der Waals surface area contributed by atoms with Crippen LogP contribution in [-0.4, -0.2) is 30.7 Å². The number of ether oxygens (including phenoxy) is 2. The van der Waals surface area contributed by atoms with E-state index in [-0.39, 0.29) is 17.0 Å². The average Bonchev–Trinajstić information content (AvgIpc) is 2.72. The van der Waals surface area contributed by atoms with E-state index in [1.807, 2.05) is 0 Å². The quantitative estimate of drug-likeness (QED) is 0.329. The summed E-state index contributed by atoms with van der Waals surface area (Å²) in [4.78, 5) is 23.4. The van der Waals surface area contributed by atoms with E-state index in [0.29, 0.717) is 0 Å². The lowest BCUT2D eigenvalue weighted by molar-refractivity contribution is -0.671. The molecule has 0 aliphatic rings. The number of aryl methyl sites for hydroxylation is 1. The molecule has 7 heteroatoms. The molecule has 0 aliphatic heterocycles. The molecule has 0 radical (unpaired) electrons. The maximum Gasteiger partial charge on any atom is 0.366 e. The van der Waals surface area contributed by atoms with Gasteiger partial charge < -0.3 is 26.5 Å². The minimum absolute atomic E-state index is 0. The Labute approximate surface area is 110 Å². The number of halogens is 1. The summed E-state index contributed by atoms with van der Waals surface area (Å²) >= 11 is 0. The van der Waals surface area contributed by atoms with Crippen molar-refractivity contribution in [3.05, 3.63) is 18.7 Å². The van der Waals surface area contributed by atoms with Gasteiger partial charge in [-0.25, -0.2) is 18.7 Å². The number of imidazole rings is 1. The molecule has 6 nitrogen and oxygen atoms in total. The summed E-state index contributed by atoms with van der Waals surface area (Å²) in [6.07, 6.45) is 4.92. The van der Waals surface area contributed by atoms with Crippen LogP contribution in [0.4, 0.5) is 0 Å². The van der Waals surface area contributed by atoms with Crippen molar-refractivity contribution < 1.29 is 40.6 Å². The third-order valence-electron chi connectivity index (χ3n) is 2.45. The maximum atomic E-state index is 11.7. The first-order chi connectivity index (χ1) is 7.46. The molecule has 0 saturated heterocycles. The predicted molar refractivity (Wildman–Crippen MR) is 53.3 cm³/mol. The third-order valence-corrected chi connectivity index (χ3v) is 2.45. The first kappa shape index (κ1) is 15.6. The van der Waals surface area contributed by atoms with Crippen LogP contribution in [-0.2, 0) is 31.6 Å². The fourth-order valence-electron chi connectivity index (χ4n) is 1.41. The zero-order valence-corrected chi connectivity index (χ0v) is 11.7. The van der Waals surface area contributed by atoms with Crippen LogP contribution in [0.2, 0.25) is 0 Å². The van der Waals surface area contributed by atoms with Crippen molar-refractivity contribution in [2.24, 2.45) is 7.05 Å². The molecule has 0 bridgehead atoms. The first-order valence-corrected chi connectivity index (χ1v) is 4.67. The molecule has 1 aromatic rings. The van der Waals surface area contributed by atoms with Crippen molar-refractivity contribution in [2.75, 3.05) is 14.2 Å². The molecule has 0 aromatic carbocycles. The van der Waals surface area contributed by atoms with E-state index < -0.39 is 17.5 Å². The van der Waals surface area contributed by atoms with Crippen LogP contribution in [0.1, 0.15) is 6.92 Å². The number of esters is 2.